The number of esters is 2. The quantitative estimate of drug-likeness (QED) is 0.0540. The van der Waals surface area contributed by atoms with E-state index in [1.165, 1.54) is 116 Å². The zero-order valence-corrected chi connectivity index (χ0v) is 33.9. The predicted molar refractivity (Wildman–Crippen MR) is 219 cm³/mol. The summed E-state index contributed by atoms with van der Waals surface area (Å²) in [7, 11) is 0. The van der Waals surface area contributed by atoms with Crippen molar-refractivity contribution in [1.29, 1.82) is 0 Å². The molecule has 294 valence electrons. The molecule has 0 aliphatic heterocycles. The Morgan fingerprint density at radius 2 is 0.769 bits per heavy atom. The fraction of sp³-hybridized carbons (Fsp3) is 0.696. The normalized spacial score (nSPS) is 11.4. The zero-order valence-electron chi connectivity index (χ0n) is 33.9. The molecule has 0 bridgehead atoms. The lowest BCUT2D eigenvalue weighted by Gasteiger charge is -2.22. The Labute approximate surface area is 319 Å². The maximum atomic E-state index is 12.8. The van der Waals surface area contributed by atoms with Crippen LogP contribution in [0.25, 0.3) is 11.1 Å². The molecule has 6 heteroatoms. The van der Waals surface area contributed by atoms with Gasteiger partial charge in [0.05, 0.1) is 12.8 Å². The van der Waals surface area contributed by atoms with Crippen LogP contribution in [0.4, 0.5) is 0 Å². The molecule has 2 rings (SSSR count). The first-order valence-electron chi connectivity index (χ1n) is 21.4. The number of hydrogen-bond donors (Lipinski definition) is 0. The maximum Gasteiger partial charge on any atom is 0.307 e. The van der Waals surface area contributed by atoms with E-state index in [9.17, 15) is 9.59 Å². The molecule has 0 atom stereocenters. The van der Waals surface area contributed by atoms with Crippen LogP contribution in [0, 0.1) is 0 Å². The first kappa shape index (κ1) is 45.5. The average Bonchev–Trinajstić information content (AvgIpc) is 3.16. The van der Waals surface area contributed by atoms with E-state index in [1.54, 1.807) is 0 Å². The number of hydrogen-bond acceptors (Lipinski definition) is 6. The summed E-state index contributed by atoms with van der Waals surface area (Å²) in [4.78, 5) is 30.5. The molecule has 0 saturated heterocycles. The molecule has 2 aromatic carbocycles. The van der Waals surface area contributed by atoms with E-state index in [1.807, 2.05) is 24.3 Å². The van der Waals surface area contributed by atoms with Gasteiger partial charge in [-0.1, -0.05) is 154 Å². The number of carbonyl (C=O) groups excluding carboxylic acids is 2. The standard InChI is InChI=1S/C46H76N2O4/c1-5-9-13-15-17-21-33-47(31-19-11-7-3)35-29-45(49)51-39-41-25-23-27-43(37-41)44-28-24-26-42(38-44)40-52-46(50)30-36-48(32-20-12-8-4)34-22-18-16-14-10-6-2/h23-28,37-38H,5-22,29-36,39-40H2,1-4H3. The highest BCUT2D eigenvalue weighted by atomic mass is 16.5. The van der Waals surface area contributed by atoms with E-state index >= 15 is 0 Å². The molecule has 0 N–H and O–H groups in total. The number of rotatable bonds is 33. The van der Waals surface area contributed by atoms with Crippen LogP contribution in [0.1, 0.15) is 167 Å². The summed E-state index contributed by atoms with van der Waals surface area (Å²) in [5, 5.41) is 0. The molecule has 0 spiro atoms. The Morgan fingerprint density at radius 3 is 1.15 bits per heavy atom. The molecule has 0 heterocycles. The maximum absolute atomic E-state index is 12.8. The smallest absolute Gasteiger partial charge is 0.307 e. The third kappa shape index (κ3) is 22.4. The Kier molecular flexibility index (Phi) is 26.9. The zero-order chi connectivity index (χ0) is 37.5. The molecular weight excluding hydrogens is 645 g/mol. The lowest BCUT2D eigenvalue weighted by Crippen LogP contribution is -2.29. The highest BCUT2D eigenvalue weighted by Gasteiger charge is 2.12. The molecule has 52 heavy (non-hydrogen) atoms. The van der Waals surface area contributed by atoms with Crippen LogP contribution in [0.3, 0.4) is 0 Å². The van der Waals surface area contributed by atoms with Crippen molar-refractivity contribution in [3.05, 3.63) is 59.7 Å². The van der Waals surface area contributed by atoms with Gasteiger partial charge in [0.2, 0.25) is 0 Å². The van der Waals surface area contributed by atoms with Crippen molar-refractivity contribution in [1.82, 2.24) is 9.80 Å². The van der Waals surface area contributed by atoms with Crippen LogP contribution in [0.5, 0.6) is 0 Å². The molecule has 0 aliphatic carbocycles. The minimum atomic E-state index is -0.135. The summed E-state index contributed by atoms with van der Waals surface area (Å²) in [6.45, 7) is 15.3. The summed E-state index contributed by atoms with van der Waals surface area (Å²) in [6, 6.07) is 16.4. The lowest BCUT2D eigenvalue weighted by atomic mass is 10.0. The lowest BCUT2D eigenvalue weighted by molar-refractivity contribution is -0.146. The first-order chi connectivity index (χ1) is 25.5. The van der Waals surface area contributed by atoms with Crippen molar-refractivity contribution in [2.24, 2.45) is 0 Å². The Hall–Kier alpha value is -2.70. The second-order valence-electron chi connectivity index (χ2n) is 14.9. The van der Waals surface area contributed by atoms with Gasteiger partial charge in [0, 0.05) is 13.1 Å². The SMILES string of the molecule is CCCCCCCCN(CCCCC)CCC(=O)OCc1cccc(-c2cccc(COC(=O)CCN(CCCCC)CCCCCCCC)c2)c1. The second kappa shape index (κ2) is 30.7. The molecular formula is C46H76N2O4. The molecule has 6 nitrogen and oxygen atoms in total. The van der Waals surface area contributed by atoms with Gasteiger partial charge in [-0.3, -0.25) is 9.59 Å². The van der Waals surface area contributed by atoms with Crippen molar-refractivity contribution >= 4 is 11.9 Å². The van der Waals surface area contributed by atoms with Crippen molar-refractivity contribution in [3.8, 4) is 11.1 Å². The fourth-order valence-corrected chi connectivity index (χ4v) is 6.73. The van der Waals surface area contributed by atoms with E-state index in [0.717, 1.165) is 61.5 Å². The Balaban J connectivity index is 1.81. The minimum Gasteiger partial charge on any atom is -0.461 e. The number of benzene rings is 2. The van der Waals surface area contributed by atoms with Crippen LogP contribution in [0.15, 0.2) is 48.5 Å². The van der Waals surface area contributed by atoms with E-state index in [-0.39, 0.29) is 25.2 Å². The van der Waals surface area contributed by atoms with E-state index in [0.29, 0.717) is 12.8 Å². The number of carbonyl (C=O) groups is 2. The van der Waals surface area contributed by atoms with Crippen LogP contribution in [-0.4, -0.2) is 61.0 Å². The van der Waals surface area contributed by atoms with E-state index in [2.05, 4.69) is 61.8 Å². The van der Waals surface area contributed by atoms with Crippen LogP contribution in [-0.2, 0) is 32.3 Å². The summed E-state index contributed by atoms with van der Waals surface area (Å²) < 4.78 is 11.5. The third-order valence-corrected chi connectivity index (χ3v) is 10.1. The van der Waals surface area contributed by atoms with Crippen molar-refractivity contribution in [3.63, 3.8) is 0 Å². The summed E-state index contributed by atoms with van der Waals surface area (Å²) >= 11 is 0. The third-order valence-electron chi connectivity index (χ3n) is 10.1. The van der Waals surface area contributed by atoms with Gasteiger partial charge in [-0.15, -0.1) is 0 Å². The number of unbranched alkanes of at least 4 members (excludes halogenated alkanes) is 14. The van der Waals surface area contributed by atoms with E-state index in [4.69, 9.17) is 9.47 Å². The van der Waals surface area contributed by atoms with Gasteiger partial charge in [0.1, 0.15) is 13.2 Å². The van der Waals surface area contributed by atoms with Crippen LogP contribution < -0.4 is 0 Å². The summed E-state index contributed by atoms with van der Waals surface area (Å²) in [6.07, 6.45) is 23.6. The van der Waals surface area contributed by atoms with Crippen molar-refractivity contribution in [2.75, 3.05) is 39.3 Å². The Morgan fingerprint density at radius 1 is 0.442 bits per heavy atom. The molecule has 0 fully saturated rings. The topological polar surface area (TPSA) is 59.1 Å². The van der Waals surface area contributed by atoms with Gasteiger partial charge in [-0.05, 0) is 86.2 Å². The molecule has 0 aliphatic rings. The minimum absolute atomic E-state index is 0.135. The van der Waals surface area contributed by atoms with Gasteiger partial charge >= 0.3 is 11.9 Å². The first-order valence-corrected chi connectivity index (χ1v) is 21.4. The second-order valence-corrected chi connectivity index (χ2v) is 14.9. The Bertz CT molecular complexity index is 1090. The molecule has 0 amide bonds. The van der Waals surface area contributed by atoms with Gasteiger partial charge in [0.15, 0.2) is 0 Å². The highest BCUT2D eigenvalue weighted by molar-refractivity contribution is 5.70. The van der Waals surface area contributed by atoms with Crippen LogP contribution >= 0.6 is 0 Å². The molecule has 0 saturated carbocycles. The van der Waals surface area contributed by atoms with Crippen molar-refractivity contribution in [2.45, 2.75) is 169 Å². The average molecular weight is 721 g/mol. The van der Waals surface area contributed by atoms with Gasteiger partial charge in [-0.25, -0.2) is 0 Å². The highest BCUT2D eigenvalue weighted by Crippen LogP contribution is 2.23. The van der Waals surface area contributed by atoms with Crippen molar-refractivity contribution < 1.29 is 19.1 Å². The molecule has 0 unspecified atom stereocenters. The largest absolute Gasteiger partial charge is 0.461 e. The molecule has 0 radical (unpaired) electrons. The summed E-state index contributed by atoms with van der Waals surface area (Å²) in [5.74, 6) is -0.270. The number of ether oxygens (including phenoxy) is 2. The van der Waals surface area contributed by atoms with Gasteiger partial charge < -0.3 is 19.3 Å². The molecule has 0 aromatic heterocycles. The summed E-state index contributed by atoms with van der Waals surface area (Å²) in [5.41, 5.74) is 4.05. The van der Waals surface area contributed by atoms with Crippen LogP contribution in [0.2, 0.25) is 0 Å². The predicted octanol–water partition coefficient (Wildman–Crippen LogP) is 11.9. The van der Waals surface area contributed by atoms with Gasteiger partial charge in [0.25, 0.3) is 0 Å². The van der Waals surface area contributed by atoms with Gasteiger partial charge in [-0.2, -0.15) is 0 Å². The number of nitrogens with zero attached hydrogens (tertiary/aromatic N) is 2. The molecule has 2 aromatic rings. The monoisotopic (exact) mass is 721 g/mol. The fourth-order valence-electron chi connectivity index (χ4n) is 6.73. The van der Waals surface area contributed by atoms with E-state index < -0.39 is 0 Å².